The summed E-state index contributed by atoms with van der Waals surface area (Å²) >= 11 is 0. The summed E-state index contributed by atoms with van der Waals surface area (Å²) in [5.74, 6) is -4.03. The number of nitrogens with zero attached hydrogens (tertiary/aromatic N) is 1. The Morgan fingerprint density at radius 1 is 1.20 bits per heavy atom. The van der Waals surface area contributed by atoms with Crippen molar-refractivity contribution in [3.8, 4) is 0 Å². The first-order valence-electron chi connectivity index (χ1n) is 6.01. The molecule has 112 valence electrons. The van der Waals surface area contributed by atoms with Gasteiger partial charge in [0.15, 0.2) is 4.90 Å². The molecule has 0 bridgehead atoms. The predicted molar refractivity (Wildman–Crippen MR) is 66.8 cm³/mol. The molecule has 0 aromatic heterocycles. The molecule has 2 rings (SSSR count). The third kappa shape index (κ3) is 2.32. The summed E-state index contributed by atoms with van der Waals surface area (Å²) in [6, 6.07) is 0.682. The van der Waals surface area contributed by atoms with Crippen LogP contribution in [0.15, 0.2) is 17.0 Å². The van der Waals surface area contributed by atoms with Crippen LogP contribution in [0.1, 0.15) is 13.8 Å². The van der Waals surface area contributed by atoms with Crippen molar-refractivity contribution in [1.82, 2.24) is 4.31 Å². The van der Waals surface area contributed by atoms with Gasteiger partial charge in [-0.3, -0.25) is 0 Å². The van der Waals surface area contributed by atoms with Gasteiger partial charge in [0.1, 0.15) is 17.5 Å². The quantitative estimate of drug-likeness (QED) is 0.919. The van der Waals surface area contributed by atoms with Gasteiger partial charge < -0.3 is 5.73 Å². The standard InChI is InChI=1S/C12H15F3N2O2S/c1-7(2)12(16)5-17(6-12)20(18,19)11-9(14)3-8(13)4-10(11)15/h3-4,7H,5-6,16H2,1-2H3. The zero-order valence-corrected chi connectivity index (χ0v) is 11.8. The molecule has 0 saturated carbocycles. The fourth-order valence-corrected chi connectivity index (χ4v) is 3.74. The van der Waals surface area contributed by atoms with Crippen molar-refractivity contribution < 1.29 is 21.6 Å². The smallest absolute Gasteiger partial charge is 0.249 e. The molecule has 0 spiro atoms. The summed E-state index contributed by atoms with van der Waals surface area (Å²) in [4.78, 5) is -1.13. The molecule has 1 aliphatic heterocycles. The fraction of sp³-hybridized carbons (Fsp3) is 0.500. The summed E-state index contributed by atoms with van der Waals surface area (Å²) in [5, 5.41) is 0. The van der Waals surface area contributed by atoms with Crippen LogP contribution < -0.4 is 5.73 Å². The molecule has 1 heterocycles. The molecule has 0 amide bonds. The molecule has 2 N–H and O–H groups in total. The van der Waals surface area contributed by atoms with E-state index in [0.717, 1.165) is 4.31 Å². The van der Waals surface area contributed by atoms with Gasteiger partial charge >= 0.3 is 0 Å². The number of benzene rings is 1. The zero-order valence-electron chi connectivity index (χ0n) is 11.0. The molecule has 20 heavy (non-hydrogen) atoms. The highest BCUT2D eigenvalue weighted by Gasteiger charge is 2.48. The Kier molecular flexibility index (Phi) is 3.60. The number of halogens is 3. The highest BCUT2D eigenvalue weighted by Crippen LogP contribution is 2.33. The summed E-state index contributed by atoms with van der Waals surface area (Å²) in [7, 11) is -4.35. The van der Waals surface area contributed by atoms with Gasteiger partial charge in [-0.05, 0) is 5.92 Å². The van der Waals surface area contributed by atoms with Crippen molar-refractivity contribution >= 4 is 10.0 Å². The summed E-state index contributed by atoms with van der Waals surface area (Å²) in [6.45, 7) is 3.62. The first-order chi connectivity index (χ1) is 9.08. The number of hydrogen-bond donors (Lipinski definition) is 1. The molecular weight excluding hydrogens is 293 g/mol. The lowest BCUT2D eigenvalue weighted by atomic mass is 9.82. The second-order valence-electron chi connectivity index (χ2n) is 5.36. The van der Waals surface area contributed by atoms with E-state index in [9.17, 15) is 21.6 Å². The topological polar surface area (TPSA) is 63.4 Å². The molecule has 8 heteroatoms. The van der Waals surface area contributed by atoms with Crippen LogP contribution in [0.2, 0.25) is 0 Å². The third-order valence-corrected chi connectivity index (χ3v) is 5.50. The van der Waals surface area contributed by atoms with E-state index in [2.05, 4.69) is 0 Å². The molecule has 1 saturated heterocycles. The number of sulfonamides is 1. The van der Waals surface area contributed by atoms with Gasteiger partial charge in [0.2, 0.25) is 10.0 Å². The Hall–Kier alpha value is -1.12. The molecule has 1 fully saturated rings. The minimum atomic E-state index is -4.35. The van der Waals surface area contributed by atoms with Crippen molar-refractivity contribution in [3.63, 3.8) is 0 Å². The molecule has 4 nitrogen and oxygen atoms in total. The van der Waals surface area contributed by atoms with E-state index in [1.807, 2.05) is 13.8 Å². The minimum absolute atomic E-state index is 0.0245. The molecule has 0 radical (unpaired) electrons. The number of nitrogens with two attached hydrogens (primary N) is 1. The lowest BCUT2D eigenvalue weighted by molar-refractivity contribution is 0.110. The first kappa shape index (κ1) is 15.3. The molecule has 1 aromatic rings. The van der Waals surface area contributed by atoms with Crippen molar-refractivity contribution in [1.29, 1.82) is 0 Å². The Morgan fingerprint density at radius 3 is 2.05 bits per heavy atom. The predicted octanol–water partition coefficient (Wildman–Crippen LogP) is 1.46. The third-order valence-electron chi connectivity index (χ3n) is 3.65. The van der Waals surface area contributed by atoms with E-state index in [0.29, 0.717) is 12.1 Å². The second-order valence-corrected chi connectivity index (χ2v) is 7.23. The van der Waals surface area contributed by atoms with Gasteiger partial charge in [-0.15, -0.1) is 0 Å². The lowest BCUT2D eigenvalue weighted by Crippen LogP contribution is -2.70. The normalized spacial score (nSPS) is 19.1. The molecule has 0 aliphatic carbocycles. The van der Waals surface area contributed by atoms with Crippen LogP contribution >= 0.6 is 0 Å². The largest absolute Gasteiger partial charge is 0.323 e. The highest BCUT2D eigenvalue weighted by molar-refractivity contribution is 7.89. The maximum absolute atomic E-state index is 13.6. The fourth-order valence-electron chi connectivity index (χ4n) is 2.05. The van der Waals surface area contributed by atoms with E-state index in [4.69, 9.17) is 5.73 Å². The van der Waals surface area contributed by atoms with Crippen LogP contribution in [0.25, 0.3) is 0 Å². The van der Waals surface area contributed by atoms with E-state index in [-0.39, 0.29) is 19.0 Å². The minimum Gasteiger partial charge on any atom is -0.323 e. The van der Waals surface area contributed by atoms with E-state index < -0.39 is 37.9 Å². The van der Waals surface area contributed by atoms with Crippen molar-refractivity contribution in [2.45, 2.75) is 24.3 Å². The summed E-state index contributed by atoms with van der Waals surface area (Å²) in [6.07, 6.45) is 0. The Balaban J connectivity index is 2.35. The Labute approximate surface area is 115 Å². The Bertz CT molecular complexity index is 617. The van der Waals surface area contributed by atoms with Crippen LogP contribution in [-0.4, -0.2) is 31.4 Å². The maximum Gasteiger partial charge on any atom is 0.249 e. The second kappa shape index (κ2) is 4.71. The maximum atomic E-state index is 13.6. The summed E-state index contributed by atoms with van der Waals surface area (Å²) in [5.41, 5.74) is 5.25. The molecule has 0 unspecified atom stereocenters. The lowest BCUT2D eigenvalue weighted by Gasteiger charge is -2.49. The van der Waals surface area contributed by atoms with Crippen molar-refractivity contribution in [2.24, 2.45) is 11.7 Å². The molecule has 0 atom stereocenters. The van der Waals surface area contributed by atoms with Gasteiger partial charge in [-0.1, -0.05) is 13.8 Å². The van der Waals surface area contributed by atoms with Crippen LogP contribution in [0.3, 0.4) is 0 Å². The summed E-state index contributed by atoms with van der Waals surface area (Å²) < 4.78 is 65.1. The van der Waals surface area contributed by atoms with Gasteiger partial charge in [-0.25, -0.2) is 21.6 Å². The van der Waals surface area contributed by atoms with E-state index in [1.54, 1.807) is 0 Å². The Morgan fingerprint density at radius 2 is 1.65 bits per heavy atom. The molecular formula is C12H15F3N2O2S. The van der Waals surface area contributed by atoms with Gasteiger partial charge in [0.05, 0.1) is 0 Å². The van der Waals surface area contributed by atoms with Crippen molar-refractivity contribution in [3.05, 3.63) is 29.6 Å². The zero-order chi connectivity index (χ0) is 15.3. The molecule has 1 aromatic carbocycles. The van der Waals surface area contributed by atoms with Crippen molar-refractivity contribution in [2.75, 3.05) is 13.1 Å². The number of hydrogen-bond acceptors (Lipinski definition) is 3. The van der Waals surface area contributed by atoms with E-state index in [1.165, 1.54) is 0 Å². The SMILES string of the molecule is CC(C)C1(N)CN(S(=O)(=O)c2c(F)cc(F)cc2F)C1. The number of rotatable bonds is 3. The van der Waals surface area contributed by atoms with E-state index >= 15 is 0 Å². The van der Waals surface area contributed by atoms with Crippen LogP contribution in [0.5, 0.6) is 0 Å². The monoisotopic (exact) mass is 308 g/mol. The van der Waals surface area contributed by atoms with Gasteiger partial charge in [-0.2, -0.15) is 4.31 Å². The average molecular weight is 308 g/mol. The van der Waals surface area contributed by atoms with Gasteiger partial charge in [0.25, 0.3) is 0 Å². The average Bonchev–Trinajstić information content (AvgIpc) is 2.22. The van der Waals surface area contributed by atoms with Crippen LogP contribution in [-0.2, 0) is 10.0 Å². The van der Waals surface area contributed by atoms with Crippen LogP contribution in [0.4, 0.5) is 13.2 Å². The molecule has 1 aliphatic rings. The first-order valence-corrected chi connectivity index (χ1v) is 7.45. The van der Waals surface area contributed by atoms with Gasteiger partial charge in [0, 0.05) is 30.8 Å². The van der Waals surface area contributed by atoms with Crippen LogP contribution in [0, 0.1) is 23.4 Å². The highest BCUT2D eigenvalue weighted by atomic mass is 32.2.